The SMILES string of the molecule is O=C(/C=C/c1ccccc1)N[C@H](Cc1ccccc1)c1nc(-c2ccc([N+](=O)[O-])cc2)no1. The highest BCUT2D eigenvalue weighted by Crippen LogP contribution is 2.23. The molecule has 0 saturated carbocycles. The molecule has 0 radical (unpaired) electrons. The van der Waals surface area contributed by atoms with Crippen molar-refractivity contribution in [3.63, 3.8) is 0 Å². The molecule has 1 amide bonds. The van der Waals surface area contributed by atoms with Gasteiger partial charge in [-0.1, -0.05) is 65.8 Å². The van der Waals surface area contributed by atoms with Gasteiger partial charge in [-0.25, -0.2) is 0 Å². The van der Waals surface area contributed by atoms with Crippen LogP contribution in [0.3, 0.4) is 0 Å². The van der Waals surface area contributed by atoms with Crippen molar-refractivity contribution in [2.75, 3.05) is 0 Å². The van der Waals surface area contributed by atoms with Gasteiger partial charge in [0, 0.05) is 30.2 Å². The Morgan fingerprint density at radius 2 is 1.67 bits per heavy atom. The zero-order valence-electron chi connectivity index (χ0n) is 17.5. The summed E-state index contributed by atoms with van der Waals surface area (Å²) in [6, 6.07) is 24.5. The van der Waals surface area contributed by atoms with E-state index in [-0.39, 0.29) is 23.3 Å². The minimum Gasteiger partial charge on any atom is -0.340 e. The number of nitrogens with one attached hydrogen (secondary N) is 1. The van der Waals surface area contributed by atoms with Crippen LogP contribution in [0.2, 0.25) is 0 Å². The third-order valence-electron chi connectivity index (χ3n) is 4.90. The number of amides is 1. The van der Waals surface area contributed by atoms with Crippen LogP contribution in [0.1, 0.15) is 23.1 Å². The van der Waals surface area contributed by atoms with Gasteiger partial charge in [-0.05, 0) is 29.3 Å². The normalized spacial score (nSPS) is 11.9. The second kappa shape index (κ2) is 10.1. The van der Waals surface area contributed by atoms with Crippen LogP contribution in [0.25, 0.3) is 17.5 Å². The Morgan fingerprint density at radius 1 is 1.00 bits per heavy atom. The summed E-state index contributed by atoms with van der Waals surface area (Å²) >= 11 is 0. The molecule has 0 bridgehead atoms. The Balaban J connectivity index is 1.55. The molecule has 1 aromatic heterocycles. The number of nitrogens with zero attached hydrogens (tertiary/aromatic N) is 3. The van der Waals surface area contributed by atoms with Gasteiger partial charge in [-0.3, -0.25) is 14.9 Å². The van der Waals surface area contributed by atoms with Crippen molar-refractivity contribution in [1.82, 2.24) is 15.5 Å². The van der Waals surface area contributed by atoms with E-state index in [1.807, 2.05) is 60.7 Å². The number of nitro benzene ring substituents is 1. The van der Waals surface area contributed by atoms with E-state index in [1.54, 1.807) is 18.2 Å². The fourth-order valence-corrected chi connectivity index (χ4v) is 3.23. The highest BCUT2D eigenvalue weighted by molar-refractivity contribution is 5.91. The summed E-state index contributed by atoms with van der Waals surface area (Å²) in [4.78, 5) is 27.5. The van der Waals surface area contributed by atoms with Crippen LogP contribution in [0, 0.1) is 10.1 Å². The molecule has 33 heavy (non-hydrogen) atoms. The second-order valence-corrected chi connectivity index (χ2v) is 7.26. The first-order valence-electron chi connectivity index (χ1n) is 10.2. The molecule has 8 nitrogen and oxygen atoms in total. The lowest BCUT2D eigenvalue weighted by molar-refractivity contribution is -0.384. The van der Waals surface area contributed by atoms with Gasteiger partial charge in [0.15, 0.2) is 0 Å². The Labute approximate surface area is 189 Å². The molecule has 4 rings (SSSR count). The Morgan fingerprint density at radius 3 is 2.33 bits per heavy atom. The second-order valence-electron chi connectivity index (χ2n) is 7.26. The van der Waals surface area contributed by atoms with Crippen LogP contribution >= 0.6 is 0 Å². The molecular formula is C25H20N4O4. The predicted octanol–water partition coefficient (Wildman–Crippen LogP) is 4.76. The number of rotatable bonds is 8. The van der Waals surface area contributed by atoms with E-state index in [9.17, 15) is 14.9 Å². The lowest BCUT2D eigenvalue weighted by Crippen LogP contribution is -2.28. The highest BCUT2D eigenvalue weighted by atomic mass is 16.6. The van der Waals surface area contributed by atoms with Gasteiger partial charge in [0.25, 0.3) is 5.69 Å². The van der Waals surface area contributed by atoms with E-state index >= 15 is 0 Å². The Bertz CT molecular complexity index is 1250. The lowest BCUT2D eigenvalue weighted by Gasteiger charge is -2.14. The number of carbonyl (C=O) groups excluding carboxylic acids is 1. The number of hydrogen-bond acceptors (Lipinski definition) is 6. The van der Waals surface area contributed by atoms with Gasteiger partial charge >= 0.3 is 0 Å². The standard InChI is InChI=1S/C25H20N4O4/c30-23(16-11-18-7-3-1-4-8-18)26-22(17-19-9-5-2-6-10-19)25-27-24(28-33-25)20-12-14-21(15-13-20)29(31)32/h1-16,22H,17H2,(H,26,30)/b16-11+/t22-/m1/s1. The molecule has 0 aliphatic heterocycles. The summed E-state index contributed by atoms with van der Waals surface area (Å²) in [5.74, 6) is 0.232. The monoisotopic (exact) mass is 440 g/mol. The maximum atomic E-state index is 12.6. The summed E-state index contributed by atoms with van der Waals surface area (Å²) < 4.78 is 5.46. The molecule has 4 aromatic rings. The van der Waals surface area contributed by atoms with Crippen LogP contribution in [0.5, 0.6) is 0 Å². The third kappa shape index (κ3) is 5.76. The molecule has 0 spiro atoms. The van der Waals surface area contributed by atoms with E-state index < -0.39 is 11.0 Å². The van der Waals surface area contributed by atoms with Gasteiger partial charge in [0.05, 0.1) is 4.92 Å². The van der Waals surface area contributed by atoms with E-state index in [0.717, 1.165) is 11.1 Å². The molecule has 1 N–H and O–H groups in total. The van der Waals surface area contributed by atoms with Crippen LogP contribution in [-0.4, -0.2) is 21.0 Å². The summed E-state index contributed by atoms with van der Waals surface area (Å²) in [5, 5.41) is 17.8. The Hall–Kier alpha value is -4.59. The van der Waals surface area contributed by atoms with Gasteiger partial charge in [0.2, 0.25) is 17.6 Å². The quantitative estimate of drug-likeness (QED) is 0.240. The molecule has 0 unspecified atom stereocenters. The van der Waals surface area contributed by atoms with Crippen LogP contribution in [-0.2, 0) is 11.2 Å². The molecule has 8 heteroatoms. The van der Waals surface area contributed by atoms with Crippen molar-refractivity contribution in [3.8, 4) is 11.4 Å². The van der Waals surface area contributed by atoms with Gasteiger partial charge < -0.3 is 9.84 Å². The van der Waals surface area contributed by atoms with Crippen molar-refractivity contribution in [2.45, 2.75) is 12.5 Å². The van der Waals surface area contributed by atoms with Crippen molar-refractivity contribution in [1.29, 1.82) is 0 Å². The van der Waals surface area contributed by atoms with Crippen molar-refractivity contribution in [2.24, 2.45) is 0 Å². The minimum absolute atomic E-state index is 0.0260. The summed E-state index contributed by atoms with van der Waals surface area (Å²) in [7, 11) is 0. The molecule has 0 aliphatic carbocycles. The van der Waals surface area contributed by atoms with E-state index in [0.29, 0.717) is 12.0 Å². The first-order valence-corrected chi connectivity index (χ1v) is 10.2. The van der Waals surface area contributed by atoms with Crippen molar-refractivity contribution in [3.05, 3.63) is 118 Å². The smallest absolute Gasteiger partial charge is 0.269 e. The van der Waals surface area contributed by atoms with E-state index in [4.69, 9.17) is 4.52 Å². The maximum Gasteiger partial charge on any atom is 0.269 e. The number of carbonyl (C=O) groups is 1. The summed E-state index contributed by atoms with van der Waals surface area (Å²) in [5.41, 5.74) is 2.45. The van der Waals surface area contributed by atoms with Crippen molar-refractivity contribution < 1.29 is 14.2 Å². The van der Waals surface area contributed by atoms with Crippen LogP contribution in [0.15, 0.2) is 95.5 Å². The van der Waals surface area contributed by atoms with Crippen molar-refractivity contribution >= 4 is 17.7 Å². The predicted molar refractivity (Wildman–Crippen MR) is 123 cm³/mol. The molecule has 0 aliphatic rings. The first kappa shape index (κ1) is 21.6. The number of non-ortho nitro benzene ring substituents is 1. The fraction of sp³-hybridized carbons (Fsp3) is 0.0800. The molecule has 164 valence electrons. The molecule has 1 atom stereocenters. The van der Waals surface area contributed by atoms with Gasteiger partial charge in [0.1, 0.15) is 6.04 Å². The zero-order chi connectivity index (χ0) is 23.0. The third-order valence-corrected chi connectivity index (χ3v) is 4.90. The topological polar surface area (TPSA) is 111 Å². The summed E-state index contributed by atoms with van der Waals surface area (Å²) in [6.45, 7) is 0. The first-order chi connectivity index (χ1) is 16.1. The number of nitro groups is 1. The van der Waals surface area contributed by atoms with Gasteiger partial charge in [-0.15, -0.1) is 0 Å². The van der Waals surface area contributed by atoms with E-state index in [2.05, 4.69) is 15.5 Å². The lowest BCUT2D eigenvalue weighted by atomic mass is 10.1. The zero-order valence-corrected chi connectivity index (χ0v) is 17.5. The minimum atomic E-state index is -0.556. The molecule has 3 aromatic carbocycles. The van der Waals surface area contributed by atoms with Crippen LogP contribution in [0.4, 0.5) is 5.69 Å². The number of benzene rings is 3. The van der Waals surface area contributed by atoms with E-state index in [1.165, 1.54) is 18.2 Å². The summed E-state index contributed by atoms with van der Waals surface area (Å²) in [6.07, 6.45) is 3.64. The molecule has 0 fully saturated rings. The molecule has 1 heterocycles. The largest absolute Gasteiger partial charge is 0.340 e. The number of aromatic nitrogens is 2. The maximum absolute atomic E-state index is 12.6. The average molecular weight is 440 g/mol. The Kier molecular flexibility index (Phi) is 6.65. The average Bonchev–Trinajstić information content (AvgIpc) is 3.34. The highest BCUT2D eigenvalue weighted by Gasteiger charge is 2.22. The molecule has 0 saturated heterocycles. The molecular weight excluding hydrogens is 420 g/mol. The number of hydrogen-bond donors (Lipinski definition) is 1. The fourth-order valence-electron chi connectivity index (χ4n) is 3.23. The van der Waals surface area contributed by atoms with Gasteiger partial charge in [-0.2, -0.15) is 4.98 Å². The van der Waals surface area contributed by atoms with Crippen LogP contribution < -0.4 is 5.32 Å².